The second-order valence-electron chi connectivity index (χ2n) is 9.56. The highest BCUT2D eigenvalue weighted by molar-refractivity contribution is 6.33. The van der Waals surface area contributed by atoms with Gasteiger partial charge in [-0.1, -0.05) is 11.6 Å². The molecule has 3 aromatic heterocycles. The van der Waals surface area contributed by atoms with Crippen LogP contribution in [0.4, 0.5) is 4.39 Å². The molecule has 0 unspecified atom stereocenters. The van der Waals surface area contributed by atoms with Gasteiger partial charge in [0.15, 0.2) is 0 Å². The van der Waals surface area contributed by atoms with Crippen LogP contribution in [0.25, 0.3) is 33.1 Å². The van der Waals surface area contributed by atoms with Crippen molar-refractivity contribution in [2.24, 2.45) is 0 Å². The summed E-state index contributed by atoms with van der Waals surface area (Å²) in [6, 6.07) is 10.3. The zero-order chi connectivity index (χ0) is 27.1. The molecule has 1 aliphatic heterocycles. The van der Waals surface area contributed by atoms with Crippen LogP contribution in [0.2, 0.25) is 5.02 Å². The number of aliphatic hydroxyl groups excluding tert-OH is 1. The van der Waals surface area contributed by atoms with Crippen LogP contribution in [-0.2, 0) is 0 Å². The van der Waals surface area contributed by atoms with E-state index in [9.17, 15) is 5.11 Å². The second-order valence-corrected chi connectivity index (χ2v) is 9.96. The van der Waals surface area contributed by atoms with Gasteiger partial charge in [0.25, 0.3) is 0 Å². The summed E-state index contributed by atoms with van der Waals surface area (Å²) in [6.45, 7) is 7.85. The van der Waals surface area contributed by atoms with Crippen molar-refractivity contribution in [1.82, 2.24) is 29.5 Å². The standard InChI is InChI=1S/C28H27ClFN7O2/c1-17-5-6-31-28(33-17)39-19-3-4-20(23(29)13-19)21-14-22-25(15-24(21)30)32-16-26-27(22)37(18(2)34-26)36-9-7-35(8-10-36)11-12-38/h3-6,13-16,38H,7-12H2,1-2H3. The van der Waals surface area contributed by atoms with Crippen LogP contribution in [0.1, 0.15) is 11.5 Å². The fourth-order valence-corrected chi connectivity index (χ4v) is 5.36. The van der Waals surface area contributed by atoms with Crippen LogP contribution in [-0.4, -0.2) is 73.9 Å². The number of benzene rings is 2. The Labute approximate surface area is 229 Å². The molecule has 2 aromatic carbocycles. The van der Waals surface area contributed by atoms with Gasteiger partial charge in [-0.05, 0) is 38.1 Å². The number of fused-ring (bicyclic) bond motifs is 3. The van der Waals surface area contributed by atoms with Gasteiger partial charge in [-0.15, -0.1) is 0 Å². The van der Waals surface area contributed by atoms with Crippen LogP contribution in [0.5, 0.6) is 11.8 Å². The van der Waals surface area contributed by atoms with E-state index in [1.807, 2.05) is 13.8 Å². The van der Waals surface area contributed by atoms with Gasteiger partial charge in [-0.3, -0.25) is 9.88 Å². The highest BCUT2D eigenvalue weighted by Crippen LogP contribution is 2.37. The van der Waals surface area contributed by atoms with Gasteiger partial charge in [0.1, 0.15) is 28.4 Å². The van der Waals surface area contributed by atoms with Gasteiger partial charge >= 0.3 is 6.01 Å². The number of rotatable bonds is 6. The number of hydrogen-bond donors (Lipinski definition) is 1. The third-order valence-corrected chi connectivity index (χ3v) is 7.28. The monoisotopic (exact) mass is 547 g/mol. The highest BCUT2D eigenvalue weighted by Gasteiger charge is 2.23. The number of hydrogen-bond acceptors (Lipinski definition) is 8. The topological polar surface area (TPSA) is 92.4 Å². The van der Waals surface area contributed by atoms with E-state index in [0.29, 0.717) is 34.0 Å². The van der Waals surface area contributed by atoms with Crippen LogP contribution >= 0.6 is 11.6 Å². The minimum Gasteiger partial charge on any atom is -0.424 e. The summed E-state index contributed by atoms with van der Waals surface area (Å²) in [5.41, 5.74) is 3.83. The number of imidazole rings is 1. The Morgan fingerprint density at radius 2 is 1.79 bits per heavy atom. The Morgan fingerprint density at radius 1 is 0.974 bits per heavy atom. The lowest BCUT2D eigenvalue weighted by molar-refractivity contribution is 0.181. The molecule has 11 heteroatoms. The molecule has 39 heavy (non-hydrogen) atoms. The number of piperazine rings is 1. The predicted octanol–water partition coefficient (Wildman–Crippen LogP) is 4.49. The molecule has 5 aromatic rings. The molecule has 4 heterocycles. The molecule has 1 saturated heterocycles. The van der Waals surface area contributed by atoms with E-state index in [4.69, 9.17) is 21.3 Å². The summed E-state index contributed by atoms with van der Waals surface area (Å²) < 4.78 is 23.3. The van der Waals surface area contributed by atoms with Crippen molar-refractivity contribution in [3.63, 3.8) is 0 Å². The average molecular weight is 548 g/mol. The number of aliphatic hydroxyl groups is 1. The maximum Gasteiger partial charge on any atom is 0.322 e. The van der Waals surface area contributed by atoms with E-state index in [2.05, 4.69) is 29.5 Å². The molecule has 0 spiro atoms. The third kappa shape index (κ3) is 4.87. The van der Waals surface area contributed by atoms with E-state index >= 15 is 4.39 Å². The smallest absolute Gasteiger partial charge is 0.322 e. The molecule has 200 valence electrons. The first-order chi connectivity index (χ1) is 18.9. The summed E-state index contributed by atoms with van der Waals surface area (Å²) in [6.07, 6.45) is 3.31. The largest absolute Gasteiger partial charge is 0.424 e. The number of β-amino-alcohol motifs (C(OH)–C–C–N with tert-alkyl or cyclic N) is 1. The number of aryl methyl sites for hydroxylation is 2. The zero-order valence-electron chi connectivity index (χ0n) is 21.6. The van der Waals surface area contributed by atoms with Gasteiger partial charge in [0.2, 0.25) is 0 Å². The second kappa shape index (κ2) is 10.4. The summed E-state index contributed by atoms with van der Waals surface area (Å²) in [5.74, 6) is 0.861. The average Bonchev–Trinajstić information content (AvgIpc) is 3.25. The molecular formula is C28H27ClFN7O2. The molecule has 0 aliphatic carbocycles. The molecular weight excluding hydrogens is 521 g/mol. The van der Waals surface area contributed by atoms with Crippen LogP contribution in [0.15, 0.2) is 48.8 Å². The third-order valence-electron chi connectivity index (χ3n) is 6.97. The first-order valence-corrected chi connectivity index (χ1v) is 13.1. The van der Waals surface area contributed by atoms with Gasteiger partial charge < -0.3 is 14.9 Å². The van der Waals surface area contributed by atoms with E-state index in [1.54, 1.807) is 42.7 Å². The van der Waals surface area contributed by atoms with E-state index in [1.165, 1.54) is 6.07 Å². The van der Waals surface area contributed by atoms with Crippen LogP contribution in [0, 0.1) is 19.7 Å². The summed E-state index contributed by atoms with van der Waals surface area (Å²) >= 11 is 6.65. The lowest BCUT2D eigenvalue weighted by Crippen LogP contribution is -2.51. The molecule has 0 amide bonds. The number of ether oxygens (including phenoxy) is 1. The van der Waals surface area contributed by atoms with Crippen molar-refractivity contribution < 1.29 is 14.2 Å². The fraction of sp³-hybridized carbons (Fsp3) is 0.286. The van der Waals surface area contributed by atoms with Gasteiger partial charge in [0, 0.05) is 73.3 Å². The van der Waals surface area contributed by atoms with Crippen LogP contribution < -0.4 is 9.75 Å². The van der Waals surface area contributed by atoms with Crippen molar-refractivity contribution in [2.45, 2.75) is 13.8 Å². The molecule has 0 radical (unpaired) electrons. The summed E-state index contributed by atoms with van der Waals surface area (Å²) in [5, 5.41) is 12.7. The molecule has 1 aliphatic rings. The zero-order valence-corrected chi connectivity index (χ0v) is 22.4. The maximum atomic E-state index is 15.4. The van der Waals surface area contributed by atoms with E-state index in [-0.39, 0.29) is 12.6 Å². The molecule has 0 bridgehead atoms. The minimum atomic E-state index is -0.424. The van der Waals surface area contributed by atoms with Crippen molar-refractivity contribution in [1.29, 1.82) is 0 Å². The highest BCUT2D eigenvalue weighted by atomic mass is 35.5. The van der Waals surface area contributed by atoms with E-state index in [0.717, 1.165) is 54.1 Å². The van der Waals surface area contributed by atoms with Crippen molar-refractivity contribution >= 4 is 33.5 Å². The minimum absolute atomic E-state index is 0.146. The number of pyridine rings is 1. The van der Waals surface area contributed by atoms with Crippen molar-refractivity contribution in [3.05, 3.63) is 71.2 Å². The Kier molecular flexibility index (Phi) is 6.76. The quantitative estimate of drug-likeness (QED) is 0.332. The van der Waals surface area contributed by atoms with Gasteiger partial charge in [-0.2, -0.15) is 0 Å². The lowest BCUT2D eigenvalue weighted by atomic mass is 10.0. The first-order valence-electron chi connectivity index (χ1n) is 12.7. The molecule has 6 rings (SSSR count). The lowest BCUT2D eigenvalue weighted by Gasteiger charge is -2.37. The SMILES string of the molecule is Cc1ccnc(Oc2ccc(-c3cc4c(cc3F)ncc3nc(C)n(N5CCN(CCO)CC5)c34)c(Cl)c2)n1. The van der Waals surface area contributed by atoms with Gasteiger partial charge in [0.05, 0.1) is 23.3 Å². The molecule has 0 atom stereocenters. The molecule has 1 N–H and O–H groups in total. The van der Waals surface area contributed by atoms with E-state index < -0.39 is 5.82 Å². The molecule has 9 nitrogen and oxygen atoms in total. The first kappa shape index (κ1) is 25.4. The van der Waals surface area contributed by atoms with Gasteiger partial charge in [-0.25, -0.2) is 24.0 Å². The number of halogens is 2. The van der Waals surface area contributed by atoms with Crippen molar-refractivity contribution in [3.8, 4) is 22.9 Å². The number of nitrogens with zero attached hydrogens (tertiary/aromatic N) is 7. The fourth-order valence-electron chi connectivity index (χ4n) is 5.09. The molecule has 0 saturated carbocycles. The van der Waals surface area contributed by atoms with Crippen LogP contribution in [0.3, 0.4) is 0 Å². The Morgan fingerprint density at radius 3 is 2.54 bits per heavy atom. The Hall–Kier alpha value is -3.86. The summed E-state index contributed by atoms with van der Waals surface area (Å²) in [7, 11) is 0. The number of aromatic nitrogens is 5. The van der Waals surface area contributed by atoms with Crippen molar-refractivity contribution in [2.75, 3.05) is 44.3 Å². The normalized spacial score (nSPS) is 14.4. The Bertz CT molecular complexity index is 1680. The summed E-state index contributed by atoms with van der Waals surface area (Å²) in [4.78, 5) is 19.8. The Balaban J connectivity index is 1.40. The predicted molar refractivity (Wildman–Crippen MR) is 148 cm³/mol. The maximum absolute atomic E-state index is 15.4. The molecule has 1 fully saturated rings.